The van der Waals surface area contributed by atoms with Crippen LogP contribution in [0.15, 0.2) is 0 Å². The van der Waals surface area contributed by atoms with Crippen molar-refractivity contribution in [2.75, 3.05) is 7.05 Å². The molecule has 76 valence electrons. The zero-order valence-corrected chi connectivity index (χ0v) is 8.57. The van der Waals surface area contributed by atoms with Crippen molar-refractivity contribution in [3.8, 4) is 0 Å². The van der Waals surface area contributed by atoms with Gasteiger partial charge in [-0.1, -0.05) is 13.8 Å². The van der Waals surface area contributed by atoms with Crippen molar-refractivity contribution >= 4 is 11.9 Å². The van der Waals surface area contributed by atoms with E-state index in [1.54, 1.807) is 0 Å². The summed E-state index contributed by atoms with van der Waals surface area (Å²) in [6, 6.07) is -0.697. The zero-order valence-electron chi connectivity index (χ0n) is 8.57. The predicted molar refractivity (Wildman–Crippen MR) is 49.3 cm³/mol. The van der Waals surface area contributed by atoms with E-state index in [-0.39, 0.29) is 11.8 Å². The highest BCUT2D eigenvalue weighted by Gasteiger charge is 2.24. The number of nitrogens with zero attached hydrogens (tertiary/aromatic N) is 1. The number of hydrogen-bond donors (Lipinski definition) is 1. The predicted octanol–water partition coefficient (Wildman–Crippen LogP) is 0.964. The zero-order chi connectivity index (χ0) is 10.6. The highest BCUT2D eigenvalue weighted by Crippen LogP contribution is 2.10. The van der Waals surface area contributed by atoms with Crippen molar-refractivity contribution < 1.29 is 14.7 Å². The van der Waals surface area contributed by atoms with E-state index in [0.29, 0.717) is 6.42 Å². The van der Waals surface area contributed by atoms with Crippen molar-refractivity contribution in [1.82, 2.24) is 4.90 Å². The summed E-state index contributed by atoms with van der Waals surface area (Å²) in [6.07, 6.45) is 0.491. The first-order valence-electron chi connectivity index (χ1n) is 4.32. The second-order valence-electron chi connectivity index (χ2n) is 3.61. The van der Waals surface area contributed by atoms with E-state index in [1.807, 2.05) is 13.8 Å². The maximum Gasteiger partial charge on any atom is 0.326 e. The van der Waals surface area contributed by atoms with Gasteiger partial charge < -0.3 is 10.0 Å². The number of carbonyl (C=O) groups excluding carboxylic acids is 1. The first-order chi connectivity index (χ1) is 5.86. The quantitative estimate of drug-likeness (QED) is 0.713. The number of carboxylic acids is 1. The lowest BCUT2D eigenvalue weighted by molar-refractivity contribution is -0.148. The van der Waals surface area contributed by atoms with Crippen LogP contribution in [0.5, 0.6) is 0 Å². The van der Waals surface area contributed by atoms with Gasteiger partial charge in [0.05, 0.1) is 0 Å². The lowest BCUT2D eigenvalue weighted by Crippen LogP contribution is -2.42. The highest BCUT2D eigenvalue weighted by molar-refractivity contribution is 5.81. The van der Waals surface area contributed by atoms with Crippen molar-refractivity contribution in [2.24, 2.45) is 5.92 Å². The Kier molecular flexibility index (Phi) is 4.45. The molecule has 0 aliphatic heterocycles. The van der Waals surface area contributed by atoms with Gasteiger partial charge in [0.15, 0.2) is 0 Å². The lowest BCUT2D eigenvalue weighted by Gasteiger charge is -2.24. The number of carbonyl (C=O) groups is 2. The van der Waals surface area contributed by atoms with Gasteiger partial charge in [0.1, 0.15) is 6.04 Å². The summed E-state index contributed by atoms with van der Waals surface area (Å²) in [5.74, 6) is -0.887. The van der Waals surface area contributed by atoms with Gasteiger partial charge in [-0.05, 0) is 12.3 Å². The summed E-state index contributed by atoms with van der Waals surface area (Å²) in [5, 5.41) is 8.85. The molecule has 0 saturated carbocycles. The molecule has 1 atom stereocenters. The first-order valence-corrected chi connectivity index (χ1v) is 4.32. The molecule has 0 aliphatic carbocycles. The van der Waals surface area contributed by atoms with Gasteiger partial charge in [0.25, 0.3) is 0 Å². The smallest absolute Gasteiger partial charge is 0.326 e. The molecule has 0 fully saturated rings. The van der Waals surface area contributed by atoms with E-state index in [4.69, 9.17) is 5.11 Å². The molecule has 0 aromatic heterocycles. The summed E-state index contributed by atoms with van der Waals surface area (Å²) in [6.45, 7) is 5.24. The minimum atomic E-state index is -0.939. The van der Waals surface area contributed by atoms with Crippen molar-refractivity contribution in [1.29, 1.82) is 0 Å². The lowest BCUT2D eigenvalue weighted by atomic mass is 10.0. The third kappa shape index (κ3) is 3.92. The third-order valence-electron chi connectivity index (χ3n) is 1.94. The van der Waals surface area contributed by atoms with Crippen LogP contribution in [0.2, 0.25) is 0 Å². The van der Waals surface area contributed by atoms with Crippen LogP contribution < -0.4 is 0 Å². The topological polar surface area (TPSA) is 57.6 Å². The van der Waals surface area contributed by atoms with Crippen molar-refractivity contribution in [3.05, 3.63) is 0 Å². The Bertz CT molecular complexity index is 201. The molecule has 0 saturated heterocycles. The molecule has 1 N–H and O–H groups in total. The molecule has 0 aromatic rings. The molecule has 0 aliphatic rings. The van der Waals surface area contributed by atoms with E-state index in [0.717, 1.165) is 0 Å². The van der Waals surface area contributed by atoms with Gasteiger partial charge in [0.2, 0.25) is 5.91 Å². The molecular weight excluding hydrogens is 170 g/mol. The Labute approximate surface area is 78.5 Å². The van der Waals surface area contributed by atoms with E-state index < -0.39 is 12.0 Å². The Morgan fingerprint density at radius 2 is 1.85 bits per heavy atom. The Morgan fingerprint density at radius 1 is 1.38 bits per heavy atom. The van der Waals surface area contributed by atoms with E-state index in [2.05, 4.69) is 0 Å². The second-order valence-corrected chi connectivity index (χ2v) is 3.61. The van der Waals surface area contributed by atoms with Crippen LogP contribution in [0.3, 0.4) is 0 Å². The summed E-state index contributed by atoms with van der Waals surface area (Å²) < 4.78 is 0. The summed E-state index contributed by atoms with van der Waals surface area (Å²) in [7, 11) is 1.52. The molecule has 0 rings (SSSR count). The summed E-state index contributed by atoms with van der Waals surface area (Å²) >= 11 is 0. The molecule has 0 radical (unpaired) electrons. The second kappa shape index (κ2) is 4.84. The largest absolute Gasteiger partial charge is 0.480 e. The Morgan fingerprint density at radius 3 is 2.08 bits per heavy atom. The molecule has 0 aromatic carbocycles. The number of rotatable bonds is 4. The summed E-state index contributed by atoms with van der Waals surface area (Å²) in [5.41, 5.74) is 0. The van der Waals surface area contributed by atoms with Crippen molar-refractivity contribution in [2.45, 2.75) is 33.2 Å². The maximum atomic E-state index is 10.9. The molecule has 1 amide bonds. The van der Waals surface area contributed by atoms with Gasteiger partial charge in [0, 0.05) is 14.0 Å². The monoisotopic (exact) mass is 187 g/mol. The molecular formula is C9H17NO3. The Balaban J connectivity index is 4.42. The van der Waals surface area contributed by atoms with Gasteiger partial charge in [-0.2, -0.15) is 0 Å². The SMILES string of the molecule is CC(=O)N(C)C(CC(C)C)C(=O)O. The minimum Gasteiger partial charge on any atom is -0.480 e. The maximum absolute atomic E-state index is 10.9. The van der Waals surface area contributed by atoms with Crippen LogP contribution in [-0.2, 0) is 9.59 Å². The van der Waals surface area contributed by atoms with Crippen LogP contribution in [0.25, 0.3) is 0 Å². The number of aliphatic carboxylic acids is 1. The molecule has 0 heterocycles. The van der Waals surface area contributed by atoms with Crippen LogP contribution in [0.4, 0.5) is 0 Å². The first kappa shape index (κ1) is 11.9. The molecule has 0 spiro atoms. The number of carboxylic acid groups (broad SMARTS) is 1. The summed E-state index contributed by atoms with van der Waals surface area (Å²) in [4.78, 5) is 23.0. The molecule has 4 nitrogen and oxygen atoms in total. The molecule has 13 heavy (non-hydrogen) atoms. The van der Waals surface area contributed by atoms with Crippen molar-refractivity contribution in [3.63, 3.8) is 0 Å². The number of hydrogen-bond acceptors (Lipinski definition) is 2. The van der Waals surface area contributed by atoms with Gasteiger partial charge >= 0.3 is 5.97 Å². The van der Waals surface area contributed by atoms with Gasteiger partial charge in [-0.15, -0.1) is 0 Å². The van der Waals surface area contributed by atoms with Crippen LogP contribution in [-0.4, -0.2) is 35.0 Å². The average molecular weight is 187 g/mol. The fourth-order valence-corrected chi connectivity index (χ4v) is 1.09. The molecule has 0 bridgehead atoms. The van der Waals surface area contributed by atoms with E-state index in [9.17, 15) is 9.59 Å². The van der Waals surface area contributed by atoms with E-state index in [1.165, 1.54) is 18.9 Å². The van der Waals surface area contributed by atoms with Crippen LogP contribution in [0, 0.1) is 5.92 Å². The van der Waals surface area contributed by atoms with Gasteiger partial charge in [-0.3, -0.25) is 4.79 Å². The Hall–Kier alpha value is -1.06. The number of likely N-dealkylation sites (N-methyl/N-ethyl adjacent to an activating group) is 1. The number of amides is 1. The minimum absolute atomic E-state index is 0.215. The standard InChI is InChI=1S/C9H17NO3/c1-6(2)5-8(9(12)13)10(4)7(3)11/h6,8H,5H2,1-4H3,(H,12,13). The fraction of sp³-hybridized carbons (Fsp3) is 0.778. The average Bonchev–Trinajstić information content (AvgIpc) is 1.97. The fourth-order valence-electron chi connectivity index (χ4n) is 1.09. The van der Waals surface area contributed by atoms with E-state index >= 15 is 0 Å². The van der Waals surface area contributed by atoms with Gasteiger partial charge in [-0.25, -0.2) is 4.79 Å². The molecule has 4 heteroatoms. The molecule has 1 unspecified atom stereocenters. The third-order valence-corrected chi connectivity index (χ3v) is 1.94. The van der Waals surface area contributed by atoms with Crippen LogP contribution >= 0.6 is 0 Å². The van der Waals surface area contributed by atoms with Crippen LogP contribution in [0.1, 0.15) is 27.2 Å². The highest BCUT2D eigenvalue weighted by atomic mass is 16.4. The normalized spacial score (nSPS) is 12.7.